The van der Waals surface area contributed by atoms with Gasteiger partial charge in [0.25, 0.3) is 5.56 Å². The van der Waals surface area contributed by atoms with Gasteiger partial charge in [0.2, 0.25) is 0 Å². The normalized spacial score (nSPS) is 13.3. The number of aromatic amines is 1. The number of benzene rings is 2. The molecule has 0 unspecified atom stereocenters. The lowest BCUT2D eigenvalue weighted by Crippen LogP contribution is -2.19. The van der Waals surface area contributed by atoms with Crippen LogP contribution in [-0.2, 0) is 0 Å². The highest BCUT2D eigenvalue weighted by atomic mass is 32.1. The first kappa shape index (κ1) is 15.7. The van der Waals surface area contributed by atoms with E-state index in [1.54, 1.807) is 11.3 Å². The Balaban J connectivity index is 1.66. The molecule has 0 aliphatic heterocycles. The van der Waals surface area contributed by atoms with Crippen LogP contribution in [0.1, 0.15) is 10.6 Å². The van der Waals surface area contributed by atoms with Gasteiger partial charge in [-0.3, -0.25) is 4.79 Å². The molecule has 4 rings (SSSR count). The van der Waals surface area contributed by atoms with E-state index in [4.69, 9.17) is 0 Å². The average molecular weight is 362 g/mol. The van der Waals surface area contributed by atoms with E-state index in [9.17, 15) is 4.79 Å². The molecule has 1 N–H and O–H groups in total. The molecule has 2 heterocycles. The molecule has 0 atom stereocenters. The minimum absolute atomic E-state index is 0.0740. The number of fused-ring (bicyclic) bond motifs is 1. The SMILES string of the molecule is O=c1[nH]/c(=C\c2nc3ccccc3s2)s/c1=C\C=C\c1ccccc1. The van der Waals surface area contributed by atoms with Gasteiger partial charge in [-0.15, -0.1) is 22.7 Å². The Bertz CT molecular complexity index is 1180. The molecule has 0 bridgehead atoms. The molecule has 25 heavy (non-hydrogen) atoms. The molecule has 5 heteroatoms. The summed E-state index contributed by atoms with van der Waals surface area (Å²) in [6.07, 6.45) is 7.65. The molecule has 4 aromatic rings. The van der Waals surface area contributed by atoms with E-state index in [0.29, 0.717) is 4.53 Å². The zero-order valence-electron chi connectivity index (χ0n) is 13.2. The fourth-order valence-electron chi connectivity index (χ4n) is 2.41. The second-order valence-electron chi connectivity index (χ2n) is 5.39. The van der Waals surface area contributed by atoms with Crippen LogP contribution >= 0.6 is 22.7 Å². The van der Waals surface area contributed by atoms with E-state index < -0.39 is 0 Å². The summed E-state index contributed by atoms with van der Waals surface area (Å²) in [7, 11) is 0. The van der Waals surface area contributed by atoms with Gasteiger partial charge in [-0.05, 0) is 23.8 Å². The van der Waals surface area contributed by atoms with Crippen molar-refractivity contribution in [3.8, 4) is 0 Å². The molecule has 2 aromatic carbocycles. The van der Waals surface area contributed by atoms with Crippen LogP contribution in [0.15, 0.2) is 65.5 Å². The maximum absolute atomic E-state index is 12.1. The van der Waals surface area contributed by atoms with Crippen molar-refractivity contribution < 1.29 is 0 Å². The zero-order chi connectivity index (χ0) is 17.1. The fourth-order valence-corrected chi connectivity index (χ4v) is 4.24. The second kappa shape index (κ2) is 7.01. The lowest BCUT2D eigenvalue weighted by atomic mass is 10.2. The molecule has 2 aromatic heterocycles. The molecular weight excluding hydrogens is 348 g/mol. The first-order chi connectivity index (χ1) is 12.3. The van der Waals surface area contributed by atoms with Gasteiger partial charge in [-0.25, -0.2) is 4.98 Å². The number of para-hydroxylation sites is 1. The highest BCUT2D eigenvalue weighted by Gasteiger charge is 2.01. The van der Waals surface area contributed by atoms with Crippen molar-refractivity contribution in [3.05, 3.63) is 90.8 Å². The van der Waals surface area contributed by atoms with Crippen LogP contribution in [0.25, 0.3) is 28.4 Å². The number of H-pyrrole nitrogens is 1. The first-order valence-corrected chi connectivity index (χ1v) is 9.41. The van der Waals surface area contributed by atoms with Crippen molar-refractivity contribution in [3.63, 3.8) is 0 Å². The molecule has 0 radical (unpaired) electrons. The van der Waals surface area contributed by atoms with Crippen LogP contribution in [-0.4, -0.2) is 9.97 Å². The minimum atomic E-state index is -0.0740. The molecular formula is C20H14N2OS2. The average Bonchev–Trinajstić information content (AvgIpc) is 3.18. The Labute approximate surface area is 151 Å². The van der Waals surface area contributed by atoms with Crippen molar-refractivity contribution in [1.82, 2.24) is 9.97 Å². The van der Waals surface area contributed by atoms with Gasteiger partial charge in [-0.1, -0.05) is 54.6 Å². The fraction of sp³-hybridized carbons (Fsp3) is 0. The van der Waals surface area contributed by atoms with Crippen molar-refractivity contribution in [2.75, 3.05) is 0 Å². The smallest absolute Gasteiger partial charge is 0.266 e. The lowest BCUT2D eigenvalue weighted by molar-refractivity contribution is 1.25. The maximum atomic E-state index is 12.1. The van der Waals surface area contributed by atoms with Crippen LogP contribution in [0.3, 0.4) is 0 Å². The molecule has 0 amide bonds. The maximum Gasteiger partial charge on any atom is 0.266 e. The number of allylic oxidation sites excluding steroid dienone is 1. The third-order valence-corrected chi connectivity index (χ3v) is 5.55. The first-order valence-electron chi connectivity index (χ1n) is 7.78. The van der Waals surface area contributed by atoms with Gasteiger partial charge in [0.1, 0.15) is 5.01 Å². The number of hydrogen-bond donors (Lipinski definition) is 1. The van der Waals surface area contributed by atoms with Crippen LogP contribution in [0.2, 0.25) is 0 Å². The van der Waals surface area contributed by atoms with Gasteiger partial charge in [-0.2, -0.15) is 0 Å². The summed E-state index contributed by atoms with van der Waals surface area (Å²) in [5.74, 6) is 0. The highest BCUT2D eigenvalue weighted by Crippen LogP contribution is 2.21. The molecule has 3 nitrogen and oxygen atoms in total. The number of thiazole rings is 2. The summed E-state index contributed by atoms with van der Waals surface area (Å²) < 4.78 is 2.63. The standard InChI is InChI=1S/C20H14N2OS2/c23-20-17(12-6-9-14-7-2-1-3-8-14)25-19(22-20)13-18-21-15-10-4-5-11-16(15)24-18/h1-13H,(H,22,23)/b9-6+,17-12-,19-13+. The molecule has 122 valence electrons. The van der Waals surface area contributed by atoms with Gasteiger partial charge >= 0.3 is 0 Å². The number of rotatable bonds is 3. The highest BCUT2D eigenvalue weighted by molar-refractivity contribution is 7.19. The molecule has 0 spiro atoms. The minimum Gasteiger partial charge on any atom is -0.313 e. The van der Waals surface area contributed by atoms with Gasteiger partial charge < -0.3 is 4.98 Å². The number of nitrogens with zero attached hydrogens (tertiary/aromatic N) is 1. The van der Waals surface area contributed by atoms with Crippen LogP contribution in [0.4, 0.5) is 0 Å². The van der Waals surface area contributed by atoms with E-state index in [1.165, 1.54) is 11.3 Å². The quantitative estimate of drug-likeness (QED) is 0.607. The number of hydrogen-bond acceptors (Lipinski definition) is 4. The largest absolute Gasteiger partial charge is 0.313 e. The van der Waals surface area contributed by atoms with Gasteiger partial charge in [0.05, 0.1) is 19.4 Å². The second-order valence-corrected chi connectivity index (χ2v) is 7.53. The van der Waals surface area contributed by atoms with E-state index in [0.717, 1.165) is 25.5 Å². The van der Waals surface area contributed by atoms with E-state index in [-0.39, 0.29) is 5.56 Å². The van der Waals surface area contributed by atoms with E-state index in [1.807, 2.05) is 72.8 Å². The van der Waals surface area contributed by atoms with Crippen LogP contribution in [0, 0.1) is 0 Å². The number of nitrogens with one attached hydrogen (secondary N) is 1. The predicted octanol–water partition coefficient (Wildman–Crippen LogP) is 3.37. The molecule has 0 fully saturated rings. The molecule has 0 saturated carbocycles. The van der Waals surface area contributed by atoms with Crippen molar-refractivity contribution >= 4 is 51.1 Å². The monoisotopic (exact) mass is 362 g/mol. The molecule has 0 aliphatic rings. The summed E-state index contributed by atoms with van der Waals surface area (Å²) in [5, 5.41) is 0.894. The summed E-state index contributed by atoms with van der Waals surface area (Å²) in [6.45, 7) is 0. The third kappa shape index (κ3) is 3.68. The van der Waals surface area contributed by atoms with Crippen LogP contribution in [0.5, 0.6) is 0 Å². The summed E-state index contributed by atoms with van der Waals surface area (Å²) in [6, 6.07) is 18.0. The third-order valence-electron chi connectivity index (χ3n) is 3.58. The Morgan fingerprint density at radius 2 is 1.76 bits per heavy atom. The predicted molar refractivity (Wildman–Crippen MR) is 107 cm³/mol. The van der Waals surface area contributed by atoms with Crippen LogP contribution < -0.4 is 14.8 Å². The molecule has 0 saturated heterocycles. The van der Waals surface area contributed by atoms with Crippen molar-refractivity contribution in [2.45, 2.75) is 0 Å². The zero-order valence-corrected chi connectivity index (χ0v) is 14.8. The summed E-state index contributed by atoms with van der Waals surface area (Å²) in [5.41, 5.74) is 2.01. The summed E-state index contributed by atoms with van der Waals surface area (Å²) in [4.78, 5) is 19.6. The summed E-state index contributed by atoms with van der Waals surface area (Å²) >= 11 is 3.05. The Morgan fingerprint density at radius 3 is 2.60 bits per heavy atom. The Morgan fingerprint density at radius 1 is 0.960 bits per heavy atom. The van der Waals surface area contributed by atoms with Crippen molar-refractivity contribution in [2.24, 2.45) is 0 Å². The van der Waals surface area contributed by atoms with Gasteiger partial charge in [0.15, 0.2) is 0 Å². The molecule has 0 aliphatic carbocycles. The lowest BCUT2D eigenvalue weighted by Gasteiger charge is -1.87. The number of aromatic nitrogens is 2. The Hall–Kier alpha value is -2.76. The van der Waals surface area contributed by atoms with Gasteiger partial charge in [0, 0.05) is 6.08 Å². The Kier molecular flexibility index (Phi) is 4.41. The van der Waals surface area contributed by atoms with E-state index in [2.05, 4.69) is 16.0 Å². The van der Waals surface area contributed by atoms with E-state index >= 15 is 0 Å². The topological polar surface area (TPSA) is 45.8 Å². The van der Waals surface area contributed by atoms with Crippen molar-refractivity contribution in [1.29, 1.82) is 0 Å².